The van der Waals surface area contributed by atoms with E-state index >= 15 is 0 Å². The summed E-state index contributed by atoms with van der Waals surface area (Å²) in [5.41, 5.74) is -1.67. The molecule has 0 amide bonds. The van der Waals surface area contributed by atoms with E-state index < -0.39 is 23.1 Å². The van der Waals surface area contributed by atoms with Crippen LogP contribution in [0.1, 0.15) is 15.9 Å². The van der Waals surface area contributed by atoms with Crippen molar-refractivity contribution in [2.75, 3.05) is 0 Å². The monoisotopic (exact) mass is 284 g/mol. The lowest BCUT2D eigenvalue weighted by Crippen LogP contribution is -2.09. The van der Waals surface area contributed by atoms with Crippen molar-refractivity contribution < 1.29 is 27.1 Å². The number of benzene rings is 2. The maximum atomic E-state index is 12.7. The highest BCUT2D eigenvalue weighted by atomic mass is 19.4. The van der Waals surface area contributed by atoms with Gasteiger partial charge in [-0.05, 0) is 36.4 Å². The fraction of sp³-hybridized carbons (Fsp3) is 0.0714. The van der Waals surface area contributed by atoms with Crippen molar-refractivity contribution in [1.29, 1.82) is 0 Å². The van der Waals surface area contributed by atoms with E-state index in [4.69, 9.17) is 4.74 Å². The van der Waals surface area contributed by atoms with Crippen LogP contribution in [-0.4, -0.2) is 6.29 Å². The number of aldehydes is 1. The Balaban J connectivity index is 2.42. The SMILES string of the molecule is O=Cc1c(Oc2ccc(F)cc2)cccc1C(F)(F)F. The normalized spacial score (nSPS) is 11.2. The first-order chi connectivity index (χ1) is 9.41. The van der Waals surface area contributed by atoms with Crippen LogP contribution in [-0.2, 0) is 6.18 Å². The lowest BCUT2D eigenvalue weighted by atomic mass is 10.1. The minimum atomic E-state index is -4.65. The summed E-state index contributed by atoms with van der Waals surface area (Å²) in [7, 11) is 0. The van der Waals surface area contributed by atoms with Crippen LogP contribution in [0.15, 0.2) is 42.5 Å². The van der Waals surface area contributed by atoms with Gasteiger partial charge in [0.1, 0.15) is 17.3 Å². The predicted molar refractivity (Wildman–Crippen MR) is 63.3 cm³/mol. The highest BCUT2D eigenvalue weighted by molar-refractivity contribution is 5.82. The highest BCUT2D eigenvalue weighted by Gasteiger charge is 2.34. The molecule has 0 fully saturated rings. The summed E-state index contributed by atoms with van der Waals surface area (Å²) in [4.78, 5) is 10.9. The molecule has 0 aliphatic heterocycles. The minimum absolute atomic E-state index is 0.0850. The van der Waals surface area contributed by atoms with Gasteiger partial charge in [0.2, 0.25) is 0 Å². The summed E-state index contributed by atoms with van der Waals surface area (Å²) in [5, 5.41) is 0. The molecule has 0 aromatic heterocycles. The van der Waals surface area contributed by atoms with E-state index in [1.54, 1.807) is 0 Å². The maximum absolute atomic E-state index is 12.7. The molecule has 2 aromatic carbocycles. The van der Waals surface area contributed by atoms with Crippen LogP contribution >= 0.6 is 0 Å². The molecule has 104 valence electrons. The average Bonchev–Trinajstić information content (AvgIpc) is 2.40. The molecule has 0 atom stereocenters. The first kappa shape index (κ1) is 14.0. The Morgan fingerprint density at radius 3 is 2.20 bits per heavy atom. The number of hydrogen-bond donors (Lipinski definition) is 0. The molecule has 20 heavy (non-hydrogen) atoms. The van der Waals surface area contributed by atoms with Crippen LogP contribution in [0.5, 0.6) is 11.5 Å². The number of hydrogen-bond acceptors (Lipinski definition) is 2. The van der Waals surface area contributed by atoms with Crippen LogP contribution in [0.3, 0.4) is 0 Å². The van der Waals surface area contributed by atoms with Gasteiger partial charge in [0.15, 0.2) is 6.29 Å². The third kappa shape index (κ3) is 2.96. The van der Waals surface area contributed by atoms with Gasteiger partial charge >= 0.3 is 6.18 Å². The van der Waals surface area contributed by atoms with Crippen LogP contribution in [0, 0.1) is 5.82 Å². The standard InChI is InChI=1S/C14H8F4O2/c15-9-4-6-10(7-5-9)20-13-3-1-2-12(11(13)8-19)14(16,17)18/h1-8H. The molecule has 0 saturated heterocycles. The number of halogens is 4. The highest BCUT2D eigenvalue weighted by Crippen LogP contribution is 2.36. The van der Waals surface area contributed by atoms with Crippen LogP contribution in [0.2, 0.25) is 0 Å². The second-order valence-corrected chi connectivity index (χ2v) is 3.89. The molecule has 0 saturated carbocycles. The van der Waals surface area contributed by atoms with Crippen molar-refractivity contribution in [3.63, 3.8) is 0 Å². The van der Waals surface area contributed by atoms with Crippen LogP contribution in [0.4, 0.5) is 17.6 Å². The molecule has 0 spiro atoms. The van der Waals surface area contributed by atoms with Crippen molar-refractivity contribution in [3.8, 4) is 11.5 Å². The molecule has 0 unspecified atom stereocenters. The summed E-state index contributed by atoms with van der Waals surface area (Å²) in [6.07, 6.45) is -4.57. The van der Waals surface area contributed by atoms with Gasteiger partial charge in [-0.3, -0.25) is 4.79 Å². The molecule has 6 heteroatoms. The Kier molecular flexibility index (Phi) is 3.74. The van der Waals surface area contributed by atoms with Gasteiger partial charge in [-0.15, -0.1) is 0 Å². The fourth-order valence-electron chi connectivity index (χ4n) is 1.63. The summed E-state index contributed by atoms with van der Waals surface area (Å²) < 4.78 is 56.2. The molecule has 0 aliphatic carbocycles. The van der Waals surface area contributed by atoms with E-state index in [9.17, 15) is 22.4 Å². The molecule has 0 aliphatic rings. The molecular weight excluding hydrogens is 276 g/mol. The summed E-state index contributed by atoms with van der Waals surface area (Å²) >= 11 is 0. The van der Waals surface area contributed by atoms with E-state index in [0.29, 0.717) is 0 Å². The van der Waals surface area contributed by atoms with E-state index in [2.05, 4.69) is 0 Å². The molecule has 0 heterocycles. The minimum Gasteiger partial charge on any atom is -0.457 e. The lowest BCUT2D eigenvalue weighted by molar-refractivity contribution is -0.137. The Hall–Kier alpha value is -2.37. The molecule has 2 nitrogen and oxygen atoms in total. The average molecular weight is 284 g/mol. The second-order valence-electron chi connectivity index (χ2n) is 3.89. The zero-order valence-electron chi connectivity index (χ0n) is 9.95. The number of carbonyl (C=O) groups excluding carboxylic acids is 1. The van der Waals surface area contributed by atoms with Crippen LogP contribution in [0.25, 0.3) is 0 Å². The topological polar surface area (TPSA) is 26.3 Å². The van der Waals surface area contributed by atoms with Crippen molar-refractivity contribution in [2.24, 2.45) is 0 Å². The zero-order valence-corrected chi connectivity index (χ0v) is 9.95. The summed E-state index contributed by atoms with van der Waals surface area (Å²) in [6.45, 7) is 0. The predicted octanol–water partition coefficient (Wildman–Crippen LogP) is 4.45. The number of alkyl halides is 3. The summed E-state index contributed by atoms with van der Waals surface area (Å²) in [5.74, 6) is -0.604. The molecule has 0 N–H and O–H groups in total. The van der Waals surface area contributed by atoms with Gasteiger partial charge in [-0.2, -0.15) is 13.2 Å². The molecule has 2 aromatic rings. The molecular formula is C14H8F4O2. The lowest BCUT2D eigenvalue weighted by Gasteiger charge is -2.13. The van der Waals surface area contributed by atoms with E-state index in [0.717, 1.165) is 24.3 Å². The van der Waals surface area contributed by atoms with Crippen molar-refractivity contribution in [3.05, 3.63) is 59.4 Å². The first-order valence-electron chi connectivity index (χ1n) is 5.50. The van der Waals surface area contributed by atoms with Crippen molar-refractivity contribution in [2.45, 2.75) is 6.18 Å². The molecule has 0 bridgehead atoms. The largest absolute Gasteiger partial charge is 0.457 e. The van der Waals surface area contributed by atoms with Gasteiger partial charge in [0.05, 0.1) is 11.1 Å². The van der Waals surface area contributed by atoms with Gasteiger partial charge in [0, 0.05) is 0 Å². The smallest absolute Gasteiger partial charge is 0.417 e. The quantitative estimate of drug-likeness (QED) is 0.615. The van der Waals surface area contributed by atoms with Crippen molar-refractivity contribution >= 4 is 6.29 Å². The second kappa shape index (κ2) is 5.32. The van der Waals surface area contributed by atoms with Gasteiger partial charge in [-0.25, -0.2) is 4.39 Å². The van der Waals surface area contributed by atoms with Crippen LogP contribution < -0.4 is 4.74 Å². The molecule has 0 radical (unpaired) electrons. The Morgan fingerprint density at radius 1 is 1.00 bits per heavy atom. The Bertz CT molecular complexity index is 618. The number of carbonyl (C=O) groups is 1. The fourth-order valence-corrected chi connectivity index (χ4v) is 1.63. The van der Waals surface area contributed by atoms with Crippen molar-refractivity contribution in [1.82, 2.24) is 0 Å². The van der Waals surface area contributed by atoms with Gasteiger partial charge < -0.3 is 4.74 Å². The number of rotatable bonds is 3. The summed E-state index contributed by atoms with van der Waals surface area (Å²) in [6, 6.07) is 7.87. The van der Waals surface area contributed by atoms with Gasteiger partial charge in [-0.1, -0.05) is 6.07 Å². The van der Waals surface area contributed by atoms with E-state index in [1.807, 2.05) is 0 Å². The first-order valence-corrected chi connectivity index (χ1v) is 5.50. The zero-order chi connectivity index (χ0) is 14.8. The third-order valence-electron chi connectivity index (χ3n) is 2.53. The number of ether oxygens (including phenoxy) is 1. The van der Waals surface area contributed by atoms with E-state index in [1.165, 1.54) is 18.2 Å². The Morgan fingerprint density at radius 2 is 1.65 bits per heavy atom. The van der Waals surface area contributed by atoms with Gasteiger partial charge in [0.25, 0.3) is 0 Å². The van der Waals surface area contributed by atoms with E-state index in [-0.39, 0.29) is 17.8 Å². The molecule has 2 rings (SSSR count). The maximum Gasteiger partial charge on any atom is 0.417 e. The third-order valence-corrected chi connectivity index (χ3v) is 2.53. The Labute approximate surface area is 111 Å².